The molecule has 0 aromatic carbocycles. The maximum atomic E-state index is 10.2. The van der Waals surface area contributed by atoms with Crippen molar-refractivity contribution in [2.45, 2.75) is 51.6 Å². The van der Waals surface area contributed by atoms with Gasteiger partial charge >= 0.3 is 0 Å². The number of aliphatic hydroxyl groups is 1. The van der Waals surface area contributed by atoms with E-state index in [9.17, 15) is 5.11 Å². The van der Waals surface area contributed by atoms with Crippen molar-refractivity contribution in [2.24, 2.45) is 0 Å². The first kappa shape index (κ1) is 12.2. The molecule has 1 heterocycles. The summed E-state index contributed by atoms with van der Waals surface area (Å²) in [6.07, 6.45) is 8.65. The van der Waals surface area contributed by atoms with Crippen molar-refractivity contribution in [3.8, 4) is 0 Å². The first-order valence-corrected chi connectivity index (χ1v) is 5.75. The van der Waals surface area contributed by atoms with Crippen molar-refractivity contribution in [3.63, 3.8) is 0 Å². The molecule has 0 spiro atoms. The molecule has 1 N–H and O–H groups in total. The van der Waals surface area contributed by atoms with Gasteiger partial charge in [0.25, 0.3) is 0 Å². The number of pyridine rings is 1. The van der Waals surface area contributed by atoms with Crippen LogP contribution in [-0.2, 0) is 6.42 Å². The molecule has 2 heteroatoms. The Morgan fingerprint density at radius 2 is 2.20 bits per heavy atom. The normalized spacial score (nSPS) is 14.9. The third kappa shape index (κ3) is 4.93. The summed E-state index contributed by atoms with van der Waals surface area (Å²) < 4.78 is 0. The van der Waals surface area contributed by atoms with E-state index in [4.69, 9.17) is 0 Å². The van der Waals surface area contributed by atoms with Gasteiger partial charge in [-0.25, -0.2) is 0 Å². The first-order chi connectivity index (χ1) is 7.14. The van der Waals surface area contributed by atoms with Gasteiger partial charge in [0.1, 0.15) is 0 Å². The highest BCUT2D eigenvalue weighted by Gasteiger charge is 2.19. The Bertz CT molecular complexity index is 269. The molecule has 1 rings (SSSR count). The molecule has 1 aromatic heterocycles. The highest BCUT2D eigenvalue weighted by atomic mass is 16.3. The van der Waals surface area contributed by atoms with Crippen LogP contribution in [0.1, 0.15) is 45.1 Å². The zero-order valence-electron chi connectivity index (χ0n) is 9.74. The molecule has 1 aromatic rings. The molecule has 1 unspecified atom stereocenters. The molecule has 0 bridgehead atoms. The number of rotatable bonds is 6. The summed E-state index contributed by atoms with van der Waals surface area (Å²) in [6.45, 7) is 4.09. The zero-order chi connectivity index (χ0) is 11.1. The second-order valence-corrected chi connectivity index (χ2v) is 4.49. The predicted octanol–water partition coefficient (Wildman–Crippen LogP) is 2.96. The number of unbranched alkanes of at least 4 members (excludes halogenated alkanes) is 2. The van der Waals surface area contributed by atoms with Crippen molar-refractivity contribution >= 4 is 0 Å². The van der Waals surface area contributed by atoms with E-state index in [1.165, 1.54) is 12.8 Å². The average Bonchev–Trinajstić information content (AvgIpc) is 2.18. The lowest BCUT2D eigenvalue weighted by Crippen LogP contribution is -2.27. The monoisotopic (exact) mass is 207 g/mol. The van der Waals surface area contributed by atoms with Crippen molar-refractivity contribution < 1.29 is 5.11 Å². The summed E-state index contributed by atoms with van der Waals surface area (Å²) in [5, 5.41) is 10.2. The van der Waals surface area contributed by atoms with Gasteiger partial charge in [-0.3, -0.25) is 4.98 Å². The van der Waals surface area contributed by atoms with E-state index in [0.717, 1.165) is 18.4 Å². The largest absolute Gasteiger partial charge is 0.390 e. The molecule has 0 aliphatic heterocycles. The fourth-order valence-corrected chi connectivity index (χ4v) is 1.79. The van der Waals surface area contributed by atoms with E-state index in [1.807, 2.05) is 25.3 Å². The third-order valence-electron chi connectivity index (χ3n) is 2.63. The summed E-state index contributed by atoms with van der Waals surface area (Å²) >= 11 is 0. The Morgan fingerprint density at radius 1 is 1.40 bits per heavy atom. The molecule has 0 amide bonds. The molecule has 2 nitrogen and oxygen atoms in total. The van der Waals surface area contributed by atoms with E-state index >= 15 is 0 Å². The minimum Gasteiger partial charge on any atom is -0.390 e. The number of aromatic nitrogens is 1. The molecule has 0 radical (unpaired) electrons. The van der Waals surface area contributed by atoms with Gasteiger partial charge in [-0.05, 0) is 25.0 Å². The van der Waals surface area contributed by atoms with Crippen molar-refractivity contribution in [1.82, 2.24) is 4.98 Å². The van der Waals surface area contributed by atoms with Crippen LogP contribution < -0.4 is 0 Å². The summed E-state index contributed by atoms with van der Waals surface area (Å²) in [7, 11) is 0. The van der Waals surface area contributed by atoms with Crippen LogP contribution in [0.4, 0.5) is 0 Å². The van der Waals surface area contributed by atoms with E-state index in [-0.39, 0.29) is 0 Å². The van der Waals surface area contributed by atoms with Crippen molar-refractivity contribution in [1.29, 1.82) is 0 Å². The van der Waals surface area contributed by atoms with E-state index < -0.39 is 5.60 Å². The highest BCUT2D eigenvalue weighted by molar-refractivity contribution is 5.11. The first-order valence-electron chi connectivity index (χ1n) is 5.75. The fourth-order valence-electron chi connectivity index (χ4n) is 1.79. The van der Waals surface area contributed by atoms with Gasteiger partial charge in [0.05, 0.1) is 5.60 Å². The van der Waals surface area contributed by atoms with E-state index in [1.54, 1.807) is 6.20 Å². The Morgan fingerprint density at radius 3 is 2.80 bits per heavy atom. The van der Waals surface area contributed by atoms with Gasteiger partial charge in [0.2, 0.25) is 0 Å². The molecule has 84 valence electrons. The van der Waals surface area contributed by atoms with Crippen LogP contribution in [0.3, 0.4) is 0 Å². The number of nitrogens with zero attached hydrogens (tertiary/aromatic N) is 1. The van der Waals surface area contributed by atoms with Gasteiger partial charge in [-0.1, -0.05) is 32.3 Å². The standard InChI is InChI=1S/C13H21NO/c1-3-4-5-8-13(2,15)10-12-7-6-9-14-11-12/h6-7,9,11,15H,3-5,8,10H2,1-2H3. The second kappa shape index (κ2) is 5.86. The van der Waals surface area contributed by atoms with Crippen molar-refractivity contribution in [3.05, 3.63) is 30.1 Å². The summed E-state index contributed by atoms with van der Waals surface area (Å²) in [6, 6.07) is 3.93. The minimum atomic E-state index is -0.585. The van der Waals surface area contributed by atoms with E-state index in [2.05, 4.69) is 11.9 Å². The molecule has 0 aliphatic carbocycles. The van der Waals surface area contributed by atoms with Gasteiger partial charge in [0, 0.05) is 18.8 Å². The Hall–Kier alpha value is -0.890. The highest BCUT2D eigenvalue weighted by Crippen LogP contribution is 2.19. The summed E-state index contributed by atoms with van der Waals surface area (Å²) in [5.41, 5.74) is 0.525. The second-order valence-electron chi connectivity index (χ2n) is 4.49. The quantitative estimate of drug-likeness (QED) is 0.727. The Kier molecular flexibility index (Phi) is 4.76. The maximum Gasteiger partial charge on any atom is 0.0660 e. The minimum absolute atomic E-state index is 0.585. The van der Waals surface area contributed by atoms with Gasteiger partial charge in [0.15, 0.2) is 0 Å². The Balaban J connectivity index is 2.42. The molecule has 0 saturated heterocycles. The lowest BCUT2D eigenvalue weighted by molar-refractivity contribution is 0.0485. The predicted molar refractivity (Wildman–Crippen MR) is 62.7 cm³/mol. The van der Waals surface area contributed by atoms with Crippen molar-refractivity contribution in [2.75, 3.05) is 0 Å². The number of hydrogen-bond acceptors (Lipinski definition) is 2. The zero-order valence-corrected chi connectivity index (χ0v) is 9.74. The van der Waals surface area contributed by atoms with Crippen LogP contribution in [0, 0.1) is 0 Å². The van der Waals surface area contributed by atoms with Gasteiger partial charge in [-0.2, -0.15) is 0 Å². The molecule has 0 fully saturated rings. The smallest absolute Gasteiger partial charge is 0.0660 e. The molecule has 1 atom stereocenters. The maximum absolute atomic E-state index is 10.2. The SMILES string of the molecule is CCCCCC(C)(O)Cc1cccnc1. The fraction of sp³-hybridized carbons (Fsp3) is 0.615. The van der Waals surface area contributed by atoms with Crippen LogP contribution in [0.2, 0.25) is 0 Å². The molecular formula is C13H21NO. The average molecular weight is 207 g/mol. The number of hydrogen-bond donors (Lipinski definition) is 1. The van der Waals surface area contributed by atoms with Gasteiger partial charge in [-0.15, -0.1) is 0 Å². The Labute approximate surface area is 92.4 Å². The van der Waals surface area contributed by atoms with Crippen LogP contribution in [0.15, 0.2) is 24.5 Å². The summed E-state index contributed by atoms with van der Waals surface area (Å²) in [4.78, 5) is 4.05. The molecule has 0 saturated carbocycles. The van der Waals surface area contributed by atoms with Crippen LogP contribution >= 0.6 is 0 Å². The molecule has 15 heavy (non-hydrogen) atoms. The van der Waals surface area contributed by atoms with E-state index in [0.29, 0.717) is 6.42 Å². The van der Waals surface area contributed by atoms with Crippen LogP contribution in [0.25, 0.3) is 0 Å². The molecule has 0 aliphatic rings. The summed E-state index contributed by atoms with van der Waals surface area (Å²) in [5.74, 6) is 0. The molecular weight excluding hydrogens is 186 g/mol. The third-order valence-corrected chi connectivity index (χ3v) is 2.63. The van der Waals surface area contributed by atoms with Gasteiger partial charge < -0.3 is 5.11 Å². The van der Waals surface area contributed by atoms with Crippen LogP contribution in [-0.4, -0.2) is 15.7 Å². The topological polar surface area (TPSA) is 33.1 Å². The lowest BCUT2D eigenvalue weighted by atomic mass is 9.92. The lowest BCUT2D eigenvalue weighted by Gasteiger charge is -2.23. The van der Waals surface area contributed by atoms with Crippen LogP contribution in [0.5, 0.6) is 0 Å².